The Morgan fingerprint density at radius 1 is 1.17 bits per heavy atom. The minimum absolute atomic E-state index is 0.466. The molecular weight excluding hydrogens is 315 g/mol. The molecule has 0 saturated carbocycles. The van der Waals surface area contributed by atoms with Crippen LogP contribution in [0, 0.1) is 0 Å². The van der Waals surface area contributed by atoms with Gasteiger partial charge in [0.05, 0.1) is 11.4 Å². The van der Waals surface area contributed by atoms with Crippen molar-refractivity contribution in [3.63, 3.8) is 0 Å². The number of amides is 1. The second-order valence-electron chi connectivity index (χ2n) is 5.99. The number of nitrogens with one attached hydrogen (secondary N) is 1. The number of carbonyl (C=O) groups is 1. The average Bonchev–Trinajstić information content (AvgIpc) is 2.64. The first-order valence-corrected chi connectivity index (χ1v) is 7.67. The van der Waals surface area contributed by atoms with Crippen LogP contribution >= 0.6 is 11.6 Å². The summed E-state index contributed by atoms with van der Waals surface area (Å²) < 4.78 is 14.5. The summed E-state index contributed by atoms with van der Waals surface area (Å²) in [7, 11) is 0. The van der Waals surface area contributed by atoms with E-state index in [-0.39, 0.29) is 0 Å². The summed E-state index contributed by atoms with van der Waals surface area (Å²) in [5.41, 5.74) is 0.840. The van der Waals surface area contributed by atoms with Gasteiger partial charge in [0.15, 0.2) is 6.04 Å². The van der Waals surface area contributed by atoms with Crippen molar-refractivity contribution < 1.29 is 9.18 Å². The zero-order chi connectivity index (χ0) is 16.6. The number of nitrogens with zero attached hydrogens (tertiary/aromatic N) is 1. The lowest BCUT2D eigenvalue weighted by Gasteiger charge is -2.21. The van der Waals surface area contributed by atoms with Gasteiger partial charge in [0.25, 0.3) is 5.91 Å². The van der Waals surface area contributed by atoms with Gasteiger partial charge in [0, 0.05) is 16.1 Å². The number of carbonyl (C=O) groups excluding carboxylic acids is 1. The normalized spacial score (nSPS) is 17.8. The highest BCUT2D eigenvalue weighted by Crippen LogP contribution is 2.30. The van der Waals surface area contributed by atoms with Gasteiger partial charge in [-0.25, -0.2) is 4.39 Å². The summed E-state index contributed by atoms with van der Waals surface area (Å²) in [5, 5.41) is 3.28. The molecule has 0 aliphatic carbocycles. The molecule has 0 bridgehead atoms. The predicted molar refractivity (Wildman–Crippen MR) is 91.1 cm³/mol. The maximum Gasteiger partial charge on any atom is 0.252 e. The van der Waals surface area contributed by atoms with E-state index in [2.05, 4.69) is 10.3 Å². The number of rotatable bonds is 2. The molecule has 0 radical (unpaired) electrons. The van der Waals surface area contributed by atoms with E-state index in [1.165, 1.54) is 13.8 Å². The second-order valence-corrected chi connectivity index (χ2v) is 6.43. The van der Waals surface area contributed by atoms with Crippen LogP contribution in [0.4, 0.5) is 10.1 Å². The molecule has 1 heterocycles. The number of aliphatic imine (C=N–C) groups is 1. The van der Waals surface area contributed by atoms with E-state index in [0.29, 0.717) is 22.0 Å². The molecule has 0 saturated heterocycles. The summed E-state index contributed by atoms with van der Waals surface area (Å²) in [6.07, 6.45) is 0. The Morgan fingerprint density at radius 2 is 1.87 bits per heavy atom. The Labute approximate surface area is 139 Å². The molecule has 1 aliphatic heterocycles. The molecule has 23 heavy (non-hydrogen) atoms. The van der Waals surface area contributed by atoms with Crippen LogP contribution in [-0.2, 0) is 4.79 Å². The second kappa shape index (κ2) is 5.78. The van der Waals surface area contributed by atoms with Crippen LogP contribution < -0.4 is 5.32 Å². The lowest BCUT2D eigenvalue weighted by Crippen LogP contribution is -2.40. The summed E-state index contributed by atoms with van der Waals surface area (Å²) in [5.74, 6) is -0.466. The van der Waals surface area contributed by atoms with E-state index in [0.717, 1.165) is 5.56 Å². The Hall–Kier alpha value is -2.20. The third kappa shape index (κ3) is 3.13. The quantitative estimate of drug-likeness (QED) is 0.879. The number of anilines is 1. The minimum atomic E-state index is -1.78. The van der Waals surface area contributed by atoms with Crippen LogP contribution in [0.5, 0.6) is 0 Å². The van der Waals surface area contributed by atoms with Gasteiger partial charge < -0.3 is 5.32 Å². The lowest BCUT2D eigenvalue weighted by atomic mass is 9.99. The molecule has 1 unspecified atom stereocenters. The molecule has 1 aliphatic rings. The fraction of sp³-hybridized carbons (Fsp3) is 0.222. The molecular formula is C18H16ClFN2O. The smallest absolute Gasteiger partial charge is 0.252 e. The number of benzodiazepines with no additional fused rings is 1. The first-order valence-electron chi connectivity index (χ1n) is 7.29. The van der Waals surface area contributed by atoms with Crippen molar-refractivity contribution in [2.45, 2.75) is 25.6 Å². The molecule has 3 nitrogen and oxygen atoms in total. The van der Waals surface area contributed by atoms with Gasteiger partial charge >= 0.3 is 0 Å². The minimum Gasteiger partial charge on any atom is -0.323 e. The number of fused-ring (bicyclic) bond motifs is 1. The maximum atomic E-state index is 14.5. The Bertz CT molecular complexity index is 781. The van der Waals surface area contributed by atoms with Crippen LogP contribution in [0.2, 0.25) is 5.02 Å². The molecule has 0 fully saturated rings. The standard InChI is InChI=1S/C18H16ClFN2O/c1-18(2,20)16-17(23)21-14-9-8-12(19)10-13(14)15(22-16)11-6-4-3-5-7-11/h3-10,16H,1-2H3,(H,21,23). The number of halogens is 2. The summed E-state index contributed by atoms with van der Waals surface area (Å²) in [6, 6.07) is 13.4. The predicted octanol–water partition coefficient (Wildman–Crippen LogP) is 4.25. The van der Waals surface area contributed by atoms with E-state index in [1.54, 1.807) is 18.2 Å². The van der Waals surface area contributed by atoms with Gasteiger partial charge in [-0.3, -0.25) is 9.79 Å². The monoisotopic (exact) mass is 330 g/mol. The molecule has 1 N–H and O–H groups in total. The van der Waals surface area contributed by atoms with Gasteiger partial charge in [-0.15, -0.1) is 0 Å². The van der Waals surface area contributed by atoms with Crippen molar-refractivity contribution in [1.82, 2.24) is 0 Å². The summed E-state index contributed by atoms with van der Waals surface area (Å²) in [6.45, 7) is 2.71. The number of hydrogen-bond acceptors (Lipinski definition) is 2. The molecule has 0 spiro atoms. The SMILES string of the molecule is CC(C)(F)C1N=C(c2ccccc2)c2cc(Cl)ccc2NC1=O. The van der Waals surface area contributed by atoms with Crippen LogP contribution in [0.3, 0.4) is 0 Å². The number of benzene rings is 2. The van der Waals surface area contributed by atoms with Crippen molar-refractivity contribution in [3.05, 3.63) is 64.7 Å². The third-order valence-corrected chi connectivity index (χ3v) is 3.93. The van der Waals surface area contributed by atoms with Crippen LogP contribution in [0.15, 0.2) is 53.5 Å². The van der Waals surface area contributed by atoms with E-state index in [1.807, 2.05) is 30.3 Å². The van der Waals surface area contributed by atoms with Crippen molar-refractivity contribution in [3.8, 4) is 0 Å². The van der Waals surface area contributed by atoms with Gasteiger partial charge in [-0.05, 0) is 32.0 Å². The van der Waals surface area contributed by atoms with E-state index in [4.69, 9.17) is 11.6 Å². The molecule has 2 aromatic rings. The highest BCUT2D eigenvalue weighted by Gasteiger charge is 2.38. The van der Waals surface area contributed by atoms with Crippen molar-refractivity contribution in [2.24, 2.45) is 4.99 Å². The molecule has 1 atom stereocenters. The van der Waals surface area contributed by atoms with E-state index >= 15 is 0 Å². The van der Waals surface area contributed by atoms with Crippen molar-refractivity contribution in [1.29, 1.82) is 0 Å². The number of hydrogen-bond donors (Lipinski definition) is 1. The highest BCUT2D eigenvalue weighted by molar-refractivity contribution is 6.32. The first-order chi connectivity index (χ1) is 10.9. The maximum absolute atomic E-state index is 14.5. The van der Waals surface area contributed by atoms with E-state index in [9.17, 15) is 9.18 Å². The Morgan fingerprint density at radius 3 is 2.52 bits per heavy atom. The van der Waals surface area contributed by atoms with E-state index < -0.39 is 17.6 Å². The molecule has 118 valence electrons. The molecule has 0 aromatic heterocycles. The fourth-order valence-electron chi connectivity index (χ4n) is 2.57. The third-order valence-electron chi connectivity index (χ3n) is 3.70. The van der Waals surface area contributed by atoms with Crippen molar-refractivity contribution in [2.75, 3.05) is 5.32 Å². The van der Waals surface area contributed by atoms with Gasteiger partial charge in [-0.2, -0.15) is 0 Å². The average molecular weight is 331 g/mol. The van der Waals surface area contributed by atoms with Gasteiger partial charge in [0.1, 0.15) is 5.67 Å². The number of alkyl halides is 1. The molecule has 3 rings (SSSR count). The lowest BCUT2D eigenvalue weighted by molar-refractivity contribution is -0.119. The largest absolute Gasteiger partial charge is 0.323 e. The van der Waals surface area contributed by atoms with Crippen molar-refractivity contribution >= 4 is 28.9 Å². The van der Waals surface area contributed by atoms with Crippen LogP contribution in [-0.4, -0.2) is 23.3 Å². The van der Waals surface area contributed by atoms with Gasteiger partial charge in [0.2, 0.25) is 0 Å². The fourth-order valence-corrected chi connectivity index (χ4v) is 2.74. The first kappa shape index (κ1) is 15.7. The zero-order valence-electron chi connectivity index (χ0n) is 12.8. The summed E-state index contributed by atoms with van der Waals surface area (Å²) >= 11 is 6.10. The van der Waals surface area contributed by atoms with Crippen LogP contribution in [0.25, 0.3) is 0 Å². The highest BCUT2D eigenvalue weighted by atomic mass is 35.5. The Kier molecular flexibility index (Phi) is 3.94. The van der Waals surface area contributed by atoms with Gasteiger partial charge in [-0.1, -0.05) is 41.9 Å². The topological polar surface area (TPSA) is 41.5 Å². The molecule has 5 heteroatoms. The Balaban J connectivity index is 2.25. The molecule has 2 aromatic carbocycles. The zero-order valence-corrected chi connectivity index (χ0v) is 13.6. The molecule has 1 amide bonds. The van der Waals surface area contributed by atoms with Crippen LogP contribution in [0.1, 0.15) is 25.0 Å². The summed E-state index contributed by atoms with van der Waals surface area (Å²) in [4.78, 5) is 16.8.